The first kappa shape index (κ1) is 61.9. The monoisotopic (exact) mass is 929 g/mol. The number of hydrogen-bond donors (Lipinski definition) is 1. The Morgan fingerprint density at radius 1 is 0.492 bits per heavy atom. The first-order chi connectivity index (χ1) is 31.5. The molecule has 0 aromatic carbocycles. The summed E-state index contributed by atoms with van der Waals surface area (Å²) in [6, 6.07) is 0. The highest BCUT2D eigenvalue weighted by molar-refractivity contribution is 7.47. The van der Waals surface area contributed by atoms with Gasteiger partial charge in [0, 0.05) is 12.8 Å². The Kier molecular flexibility index (Phi) is 43.9. The van der Waals surface area contributed by atoms with Gasteiger partial charge >= 0.3 is 19.8 Å². The third-order valence-electron chi connectivity index (χ3n) is 10.3. The number of phosphoric ester groups is 1. The molecule has 1 N–H and O–H groups in total. The van der Waals surface area contributed by atoms with Crippen molar-refractivity contribution in [3.63, 3.8) is 0 Å². The maximum Gasteiger partial charge on any atom is 0.472 e. The molecule has 0 amide bonds. The molecule has 10 heteroatoms. The Morgan fingerprint density at radius 3 is 1.31 bits per heavy atom. The average molecular weight is 929 g/mol. The molecule has 0 aliphatic carbocycles. The molecule has 0 aliphatic heterocycles. The van der Waals surface area contributed by atoms with Crippen LogP contribution in [0.1, 0.15) is 187 Å². The van der Waals surface area contributed by atoms with E-state index in [1.54, 1.807) is 0 Å². The number of unbranched alkanes of at least 4 members (excludes halogenated alkanes) is 15. The fraction of sp³-hybridized carbons (Fsp3) is 0.673. The number of carbonyl (C=O) groups excluding carboxylic acids is 2. The van der Waals surface area contributed by atoms with Gasteiger partial charge in [-0.25, -0.2) is 4.57 Å². The Hall–Kier alpha value is -3.07. The number of nitrogens with zero attached hydrogens (tertiary/aromatic N) is 1. The molecule has 65 heavy (non-hydrogen) atoms. The predicted molar refractivity (Wildman–Crippen MR) is 275 cm³/mol. The number of ether oxygens (including phenoxy) is 2. The molecular formula is C55H95NO8P+. The number of rotatable bonds is 45. The topological polar surface area (TPSA) is 108 Å². The second-order valence-corrected chi connectivity index (χ2v) is 19.3. The zero-order chi connectivity index (χ0) is 47.8. The van der Waals surface area contributed by atoms with Crippen molar-refractivity contribution in [2.75, 3.05) is 47.5 Å². The van der Waals surface area contributed by atoms with Crippen LogP contribution in [-0.4, -0.2) is 74.9 Å². The van der Waals surface area contributed by atoms with Crippen molar-refractivity contribution in [1.82, 2.24) is 0 Å². The van der Waals surface area contributed by atoms with Crippen molar-refractivity contribution in [2.24, 2.45) is 0 Å². The SMILES string of the molecule is CC/C=C\C/C=C\C/C=C\C/C=C\C/C=C\C/C=C\CCCCCCCCCCC(=O)OC(COC(=O)CCCCCCC/C=C\C/C=C\CCCC)COP(=O)(O)OCC[N+](C)(C)C. The van der Waals surface area contributed by atoms with E-state index in [-0.39, 0.29) is 32.0 Å². The van der Waals surface area contributed by atoms with E-state index in [1.807, 2.05) is 21.1 Å². The Labute approximate surface area is 398 Å². The Balaban J connectivity index is 4.27. The quantitative estimate of drug-likeness (QED) is 0.0211. The Bertz CT molecular complexity index is 1420. The standard InChI is InChI=1S/C55H94NO8P/c1-6-8-10-12-14-16-18-20-22-23-24-25-26-27-28-29-30-31-32-33-34-36-38-40-42-44-46-48-55(58)64-53(52-63-65(59,60)62-50-49-56(3,4)5)51-61-54(57)47-45-43-41-39-37-35-21-19-17-15-13-11-9-7-2/h8,10,13-16,19-22,24-25,27-28,30-31,53H,6-7,9,11-12,17-18,23,26,29,32-52H2,1-5H3/p+1/b10-8-,15-13-,16-14-,21-19-,22-20-,25-24-,28-27-,31-30-. The lowest BCUT2D eigenvalue weighted by atomic mass is 10.1. The summed E-state index contributed by atoms with van der Waals surface area (Å²) in [7, 11) is 1.45. The van der Waals surface area contributed by atoms with E-state index in [4.69, 9.17) is 18.5 Å². The van der Waals surface area contributed by atoms with E-state index in [2.05, 4.69) is 111 Å². The van der Waals surface area contributed by atoms with Gasteiger partial charge in [0.05, 0.1) is 27.7 Å². The number of hydrogen-bond acceptors (Lipinski definition) is 7. The maximum absolute atomic E-state index is 12.8. The number of quaternary nitrogens is 1. The van der Waals surface area contributed by atoms with E-state index in [1.165, 1.54) is 38.5 Å². The van der Waals surface area contributed by atoms with Gasteiger partial charge in [-0.2, -0.15) is 0 Å². The lowest BCUT2D eigenvalue weighted by molar-refractivity contribution is -0.870. The molecule has 0 heterocycles. The zero-order valence-corrected chi connectivity index (χ0v) is 42.8. The molecule has 372 valence electrons. The van der Waals surface area contributed by atoms with Crippen molar-refractivity contribution in [1.29, 1.82) is 0 Å². The molecule has 0 aromatic rings. The molecule has 2 unspecified atom stereocenters. The predicted octanol–water partition coefficient (Wildman–Crippen LogP) is 15.3. The fourth-order valence-electron chi connectivity index (χ4n) is 6.39. The van der Waals surface area contributed by atoms with E-state index in [0.29, 0.717) is 23.9 Å². The second kappa shape index (κ2) is 46.1. The minimum Gasteiger partial charge on any atom is -0.462 e. The number of carbonyl (C=O) groups is 2. The number of likely N-dealkylation sites (N-methyl/N-ethyl adjacent to an activating group) is 1. The van der Waals surface area contributed by atoms with Crippen molar-refractivity contribution < 1.29 is 42.1 Å². The number of allylic oxidation sites excluding steroid dienone is 16. The lowest BCUT2D eigenvalue weighted by Gasteiger charge is -2.24. The maximum atomic E-state index is 12.8. The van der Waals surface area contributed by atoms with Crippen molar-refractivity contribution in [3.8, 4) is 0 Å². The van der Waals surface area contributed by atoms with Gasteiger partial charge in [0.25, 0.3) is 0 Å². The summed E-state index contributed by atoms with van der Waals surface area (Å²) in [5.41, 5.74) is 0. The number of esters is 2. The van der Waals surface area contributed by atoms with E-state index < -0.39 is 26.5 Å². The second-order valence-electron chi connectivity index (χ2n) is 17.8. The molecule has 0 fully saturated rings. The molecule has 0 bridgehead atoms. The van der Waals surface area contributed by atoms with E-state index >= 15 is 0 Å². The van der Waals surface area contributed by atoms with Crippen LogP contribution in [-0.2, 0) is 32.7 Å². The highest BCUT2D eigenvalue weighted by Crippen LogP contribution is 2.43. The van der Waals surface area contributed by atoms with Gasteiger partial charge in [-0.05, 0) is 89.9 Å². The van der Waals surface area contributed by atoms with Crippen LogP contribution in [0.3, 0.4) is 0 Å². The molecule has 0 saturated carbocycles. The smallest absolute Gasteiger partial charge is 0.462 e. The summed E-state index contributed by atoms with van der Waals surface area (Å²) in [5.74, 6) is -0.831. The molecular weight excluding hydrogens is 834 g/mol. The molecule has 2 atom stereocenters. The minimum absolute atomic E-state index is 0.0224. The Morgan fingerprint density at radius 2 is 0.877 bits per heavy atom. The van der Waals surface area contributed by atoms with Crippen LogP contribution in [0.5, 0.6) is 0 Å². The molecule has 0 rings (SSSR count). The van der Waals surface area contributed by atoms with Crippen molar-refractivity contribution in [2.45, 2.75) is 193 Å². The van der Waals surface area contributed by atoms with Crippen LogP contribution in [0.4, 0.5) is 0 Å². The van der Waals surface area contributed by atoms with Gasteiger partial charge in [0.2, 0.25) is 0 Å². The highest BCUT2D eigenvalue weighted by Gasteiger charge is 2.27. The summed E-state index contributed by atoms with van der Waals surface area (Å²) in [6.45, 7) is 4.23. The zero-order valence-electron chi connectivity index (χ0n) is 41.9. The largest absolute Gasteiger partial charge is 0.472 e. The molecule has 0 spiro atoms. The lowest BCUT2D eigenvalue weighted by Crippen LogP contribution is -2.37. The van der Waals surface area contributed by atoms with Crippen LogP contribution in [0.15, 0.2) is 97.2 Å². The first-order valence-electron chi connectivity index (χ1n) is 25.5. The molecule has 0 saturated heterocycles. The van der Waals surface area contributed by atoms with Gasteiger partial charge in [-0.3, -0.25) is 18.6 Å². The van der Waals surface area contributed by atoms with Crippen molar-refractivity contribution >= 4 is 19.8 Å². The molecule has 9 nitrogen and oxygen atoms in total. The molecule has 0 aromatic heterocycles. The summed E-state index contributed by atoms with van der Waals surface area (Å²) in [4.78, 5) is 35.5. The molecule has 0 aliphatic rings. The van der Waals surface area contributed by atoms with Crippen LogP contribution < -0.4 is 0 Å². The van der Waals surface area contributed by atoms with Crippen molar-refractivity contribution in [3.05, 3.63) is 97.2 Å². The highest BCUT2D eigenvalue weighted by atomic mass is 31.2. The van der Waals surface area contributed by atoms with Crippen LogP contribution in [0.2, 0.25) is 0 Å². The van der Waals surface area contributed by atoms with Gasteiger partial charge in [-0.1, -0.05) is 182 Å². The van der Waals surface area contributed by atoms with Gasteiger partial charge < -0.3 is 18.9 Å². The van der Waals surface area contributed by atoms with Crippen LogP contribution in [0.25, 0.3) is 0 Å². The van der Waals surface area contributed by atoms with E-state index in [0.717, 1.165) is 109 Å². The van der Waals surface area contributed by atoms with Gasteiger partial charge in [0.15, 0.2) is 6.10 Å². The summed E-state index contributed by atoms with van der Waals surface area (Å²) < 4.78 is 34.4. The third-order valence-corrected chi connectivity index (χ3v) is 11.3. The number of phosphoric acid groups is 1. The normalized spacial score (nSPS) is 14.2. The summed E-state index contributed by atoms with van der Waals surface area (Å²) in [6.07, 6.45) is 61.7. The summed E-state index contributed by atoms with van der Waals surface area (Å²) in [5, 5.41) is 0. The fourth-order valence-corrected chi connectivity index (χ4v) is 7.13. The van der Waals surface area contributed by atoms with Crippen LogP contribution in [0, 0.1) is 0 Å². The third kappa shape index (κ3) is 50.2. The van der Waals surface area contributed by atoms with Gasteiger partial charge in [0.1, 0.15) is 19.8 Å². The minimum atomic E-state index is -4.39. The first-order valence-corrected chi connectivity index (χ1v) is 27.0. The average Bonchev–Trinajstić information content (AvgIpc) is 3.26. The molecule has 0 radical (unpaired) electrons. The summed E-state index contributed by atoms with van der Waals surface area (Å²) >= 11 is 0. The van der Waals surface area contributed by atoms with Crippen LogP contribution >= 0.6 is 7.82 Å². The van der Waals surface area contributed by atoms with Gasteiger partial charge in [-0.15, -0.1) is 0 Å². The van der Waals surface area contributed by atoms with E-state index in [9.17, 15) is 19.0 Å².